The Balaban J connectivity index is 1.29. The number of halogens is 4. The van der Waals surface area contributed by atoms with Gasteiger partial charge in [0, 0.05) is 10.6 Å². The molecule has 4 rings (SSSR count). The van der Waals surface area contributed by atoms with Crippen molar-refractivity contribution >= 4 is 17.6 Å². The molecule has 0 heterocycles. The van der Waals surface area contributed by atoms with Crippen molar-refractivity contribution in [2.75, 3.05) is 0 Å². The fraction of sp³-hybridized carbons (Fsp3) is 0.444. The first-order chi connectivity index (χ1) is 25.1. The molecule has 4 aromatic rings. The first kappa shape index (κ1) is 41.0. The predicted octanol–water partition coefficient (Wildman–Crippen LogP) is 14.2. The van der Waals surface area contributed by atoms with Crippen LogP contribution in [0.15, 0.2) is 91.0 Å². The van der Waals surface area contributed by atoms with Gasteiger partial charge in [0.15, 0.2) is 12.2 Å². The highest BCUT2D eigenvalue weighted by Crippen LogP contribution is 2.34. The first-order valence-corrected chi connectivity index (χ1v) is 19.5. The van der Waals surface area contributed by atoms with Gasteiger partial charge in [-0.05, 0) is 84.2 Å². The Morgan fingerprint density at radius 1 is 0.635 bits per heavy atom. The lowest BCUT2D eigenvalue weighted by atomic mass is 9.97. The van der Waals surface area contributed by atoms with Crippen LogP contribution >= 0.6 is 11.6 Å². The summed E-state index contributed by atoms with van der Waals surface area (Å²) in [5.41, 5.74) is 7.47. The molecule has 0 fully saturated rings. The molecule has 3 nitrogen and oxygen atoms in total. The summed E-state index contributed by atoms with van der Waals surface area (Å²) in [6.45, 7) is 5.63. The van der Waals surface area contributed by atoms with E-state index in [1.807, 2.05) is 25.1 Å². The van der Waals surface area contributed by atoms with Gasteiger partial charge >= 0.3 is 12.1 Å². The Morgan fingerprint density at radius 3 is 1.67 bits per heavy atom. The summed E-state index contributed by atoms with van der Waals surface area (Å²) in [6.07, 6.45) is 6.31. The number of alkyl halides is 3. The van der Waals surface area contributed by atoms with Crippen LogP contribution in [-0.4, -0.2) is 24.4 Å². The van der Waals surface area contributed by atoms with Gasteiger partial charge in [0.2, 0.25) is 0 Å². The van der Waals surface area contributed by atoms with Gasteiger partial charge in [-0.3, -0.25) is 0 Å². The maximum atomic E-state index is 13.5. The van der Waals surface area contributed by atoms with Crippen molar-refractivity contribution in [1.82, 2.24) is 0 Å². The second-order valence-electron chi connectivity index (χ2n) is 13.8. The van der Waals surface area contributed by atoms with E-state index in [4.69, 9.17) is 21.1 Å². The van der Waals surface area contributed by atoms with Crippen molar-refractivity contribution in [3.63, 3.8) is 0 Å². The van der Waals surface area contributed by atoms with Crippen molar-refractivity contribution < 1.29 is 27.4 Å². The Kier molecular flexibility index (Phi) is 16.6. The number of rotatable bonds is 21. The molecular formula is C45H54ClF3O3. The Hall–Kier alpha value is -3.77. The van der Waals surface area contributed by atoms with E-state index in [9.17, 15) is 18.0 Å². The van der Waals surface area contributed by atoms with Crippen molar-refractivity contribution in [3.8, 4) is 39.1 Å². The van der Waals surface area contributed by atoms with Crippen LogP contribution in [0.4, 0.5) is 13.2 Å². The number of hydrogen-bond acceptors (Lipinski definition) is 3. The molecule has 7 heteroatoms. The molecule has 280 valence electrons. The van der Waals surface area contributed by atoms with Crippen LogP contribution in [-0.2, 0) is 16.0 Å². The number of carbonyl (C=O) groups is 1. The third kappa shape index (κ3) is 13.0. The van der Waals surface area contributed by atoms with Gasteiger partial charge in [-0.2, -0.15) is 13.2 Å². The highest BCUT2D eigenvalue weighted by atomic mass is 35.5. The van der Waals surface area contributed by atoms with Gasteiger partial charge in [0.1, 0.15) is 5.75 Å². The number of hydrogen-bond donors (Lipinski definition) is 0. The molecule has 2 unspecified atom stereocenters. The third-order valence-electron chi connectivity index (χ3n) is 9.55. The number of esters is 1. The third-order valence-corrected chi connectivity index (χ3v) is 9.86. The molecule has 4 aromatic carbocycles. The van der Waals surface area contributed by atoms with Crippen molar-refractivity contribution in [1.29, 1.82) is 0 Å². The van der Waals surface area contributed by atoms with Crippen molar-refractivity contribution in [2.45, 2.75) is 129 Å². The zero-order valence-electron chi connectivity index (χ0n) is 31.0. The fourth-order valence-electron chi connectivity index (χ4n) is 6.36. The number of carbonyl (C=O) groups excluding carboxylic acids is 1. The van der Waals surface area contributed by atoms with E-state index in [0.717, 1.165) is 47.1 Å². The highest BCUT2D eigenvalue weighted by molar-refractivity contribution is 6.33. The van der Waals surface area contributed by atoms with Crippen LogP contribution in [0.1, 0.15) is 110 Å². The molecule has 0 radical (unpaired) electrons. The molecule has 0 spiro atoms. The van der Waals surface area contributed by atoms with Gasteiger partial charge in [0.25, 0.3) is 0 Å². The van der Waals surface area contributed by atoms with Crippen LogP contribution in [0.25, 0.3) is 33.4 Å². The zero-order valence-corrected chi connectivity index (χ0v) is 31.7. The minimum Gasteiger partial charge on any atom is -0.479 e. The second kappa shape index (κ2) is 21.1. The van der Waals surface area contributed by atoms with E-state index in [1.165, 1.54) is 69.4 Å². The van der Waals surface area contributed by atoms with Gasteiger partial charge in [-0.25, -0.2) is 4.79 Å². The topological polar surface area (TPSA) is 35.5 Å². The summed E-state index contributed by atoms with van der Waals surface area (Å²) >= 11 is 6.76. The minimum absolute atomic E-state index is 0.255. The molecule has 0 N–H and O–H groups in total. The lowest BCUT2D eigenvalue weighted by molar-refractivity contribution is -0.225. The summed E-state index contributed by atoms with van der Waals surface area (Å²) in [5.74, 6) is -0.707. The van der Waals surface area contributed by atoms with Gasteiger partial charge < -0.3 is 9.47 Å². The summed E-state index contributed by atoms with van der Waals surface area (Å²) in [5, 5.41) is 0.580. The molecule has 0 amide bonds. The van der Waals surface area contributed by atoms with E-state index in [-0.39, 0.29) is 6.42 Å². The summed E-state index contributed by atoms with van der Waals surface area (Å²) < 4.78 is 50.9. The molecule has 0 aliphatic carbocycles. The highest BCUT2D eigenvalue weighted by Gasteiger charge is 2.43. The fourth-order valence-corrected chi connectivity index (χ4v) is 6.65. The average molecular weight is 735 g/mol. The molecular weight excluding hydrogens is 681 g/mol. The average Bonchev–Trinajstić information content (AvgIpc) is 3.14. The van der Waals surface area contributed by atoms with E-state index in [1.54, 1.807) is 24.3 Å². The maximum absolute atomic E-state index is 13.5. The van der Waals surface area contributed by atoms with E-state index >= 15 is 0 Å². The first-order valence-electron chi connectivity index (χ1n) is 19.1. The summed E-state index contributed by atoms with van der Waals surface area (Å²) in [4.78, 5) is 12.5. The molecule has 0 aromatic heterocycles. The SMILES string of the molecule is CCCCCCCCCCc1ccc(-c2ccc(-c3ccc(-c4ccc(OC(C)C(=O)OC(CCCCCC)C(F)(F)F)cc4)c(Cl)c3)cc2)cc1. The summed E-state index contributed by atoms with van der Waals surface area (Å²) in [7, 11) is 0. The minimum atomic E-state index is -4.62. The maximum Gasteiger partial charge on any atom is 0.425 e. The summed E-state index contributed by atoms with van der Waals surface area (Å²) in [6, 6.07) is 30.3. The molecule has 0 aliphatic heterocycles. The zero-order chi connectivity index (χ0) is 37.3. The van der Waals surface area contributed by atoms with Crippen LogP contribution < -0.4 is 4.74 Å². The molecule has 2 atom stereocenters. The number of unbranched alkanes of at least 4 members (excludes halogenated alkanes) is 10. The Bertz CT molecular complexity index is 1630. The van der Waals surface area contributed by atoms with Crippen LogP contribution in [0.5, 0.6) is 5.75 Å². The lowest BCUT2D eigenvalue weighted by Gasteiger charge is -2.23. The van der Waals surface area contributed by atoms with Crippen LogP contribution in [0, 0.1) is 0 Å². The molecule has 52 heavy (non-hydrogen) atoms. The molecule has 0 saturated heterocycles. The number of benzene rings is 4. The largest absolute Gasteiger partial charge is 0.479 e. The molecule has 0 saturated carbocycles. The monoisotopic (exact) mass is 734 g/mol. The standard InChI is InChI=1S/C45H54ClF3O3/c1-4-6-8-10-11-12-13-14-16-34-18-20-35(21-19-34)36-22-24-37(25-23-36)39-28-31-41(42(46)32-39)38-26-29-40(30-27-38)51-33(3)44(50)52-43(45(47,48)49)17-15-9-7-5-2/h18-33,43H,4-17H2,1-3H3. The van der Waals surface area contributed by atoms with E-state index in [2.05, 4.69) is 55.5 Å². The normalized spacial score (nSPS) is 12.8. The van der Waals surface area contributed by atoms with Gasteiger partial charge in [0.05, 0.1) is 0 Å². The quantitative estimate of drug-likeness (QED) is 0.0631. The molecule has 0 aliphatic rings. The number of ether oxygens (including phenoxy) is 2. The predicted molar refractivity (Wildman–Crippen MR) is 209 cm³/mol. The molecule has 0 bridgehead atoms. The smallest absolute Gasteiger partial charge is 0.425 e. The number of aryl methyl sites for hydroxylation is 1. The second-order valence-corrected chi connectivity index (χ2v) is 14.2. The van der Waals surface area contributed by atoms with Crippen LogP contribution in [0.3, 0.4) is 0 Å². The van der Waals surface area contributed by atoms with Crippen molar-refractivity contribution in [2.24, 2.45) is 0 Å². The van der Waals surface area contributed by atoms with Crippen molar-refractivity contribution in [3.05, 3.63) is 102 Å². The lowest BCUT2D eigenvalue weighted by Crippen LogP contribution is -2.38. The van der Waals surface area contributed by atoms with Gasteiger partial charge in [-0.15, -0.1) is 0 Å². The van der Waals surface area contributed by atoms with E-state index < -0.39 is 24.4 Å². The van der Waals surface area contributed by atoms with Crippen LogP contribution in [0.2, 0.25) is 5.02 Å². The Morgan fingerprint density at radius 2 is 1.12 bits per heavy atom. The van der Waals surface area contributed by atoms with Gasteiger partial charge in [-0.1, -0.05) is 162 Å². The Labute approximate surface area is 313 Å². The van der Waals surface area contributed by atoms with E-state index in [0.29, 0.717) is 23.6 Å².